The van der Waals surface area contributed by atoms with Crippen molar-refractivity contribution in [2.75, 3.05) is 54.9 Å². The van der Waals surface area contributed by atoms with Crippen LogP contribution in [0.2, 0.25) is 0 Å². The Bertz CT molecular complexity index is 1180. The molecule has 184 valence electrons. The first-order valence-corrected chi connectivity index (χ1v) is 12.5. The Morgan fingerprint density at radius 2 is 1.91 bits per heavy atom. The topological polar surface area (TPSA) is 93.7 Å². The summed E-state index contributed by atoms with van der Waals surface area (Å²) >= 11 is 0. The van der Waals surface area contributed by atoms with Gasteiger partial charge in [0.15, 0.2) is 5.41 Å². The maximum atomic E-state index is 15.0. The van der Waals surface area contributed by atoms with Gasteiger partial charge in [0.05, 0.1) is 5.69 Å². The highest BCUT2D eigenvalue weighted by atomic mass is 19.1. The molecule has 1 aromatic heterocycles. The number of carbonyl (C=O) groups is 2. The van der Waals surface area contributed by atoms with E-state index in [1.54, 1.807) is 17.2 Å². The van der Waals surface area contributed by atoms with Crippen LogP contribution in [-0.4, -0.2) is 72.5 Å². The maximum Gasteiger partial charge on any atom is 0.248 e. The Kier molecular flexibility index (Phi) is 5.36. The summed E-state index contributed by atoms with van der Waals surface area (Å²) in [6, 6.07) is 5.09. The van der Waals surface area contributed by atoms with Crippen molar-refractivity contribution in [3.05, 3.63) is 35.8 Å². The third kappa shape index (κ3) is 3.53. The van der Waals surface area contributed by atoms with Gasteiger partial charge in [0.1, 0.15) is 11.6 Å². The molecule has 3 fully saturated rings. The Labute approximate surface area is 203 Å². The van der Waals surface area contributed by atoms with Crippen molar-refractivity contribution in [1.29, 1.82) is 0 Å². The van der Waals surface area contributed by atoms with Gasteiger partial charge in [-0.3, -0.25) is 14.5 Å². The minimum absolute atomic E-state index is 0.0390. The lowest BCUT2D eigenvalue weighted by atomic mass is 9.81. The van der Waals surface area contributed by atoms with Crippen LogP contribution in [-0.2, 0) is 15.0 Å². The summed E-state index contributed by atoms with van der Waals surface area (Å²) in [4.78, 5) is 41.6. The molecule has 4 aliphatic rings. The fourth-order valence-corrected chi connectivity index (χ4v) is 5.94. The number of fused-ring (bicyclic) bond motifs is 2. The second kappa shape index (κ2) is 8.44. The van der Waals surface area contributed by atoms with E-state index in [-0.39, 0.29) is 29.6 Å². The molecule has 1 spiro atoms. The number of nitrogens with one attached hydrogen (secondary N) is 2. The van der Waals surface area contributed by atoms with Gasteiger partial charge < -0.3 is 20.4 Å². The second-order valence-electron chi connectivity index (χ2n) is 10.0. The van der Waals surface area contributed by atoms with Gasteiger partial charge in [-0.2, -0.15) is 4.98 Å². The SMILES string of the molecule is CN1CCN(c2ccc(Nc3ncc4c(n3)N(C3CCCC3)C(=O)C43CCNC3=O)cc2F)CC1. The van der Waals surface area contributed by atoms with Gasteiger partial charge in [-0.25, -0.2) is 9.37 Å². The number of hydrogen-bond acceptors (Lipinski definition) is 7. The molecule has 10 heteroatoms. The molecule has 2 aromatic rings. The molecule has 9 nitrogen and oxygen atoms in total. The number of piperazine rings is 1. The summed E-state index contributed by atoms with van der Waals surface area (Å²) in [6.07, 6.45) is 5.91. The number of aromatic nitrogens is 2. The molecule has 0 radical (unpaired) electrons. The zero-order valence-electron chi connectivity index (χ0n) is 19.9. The quantitative estimate of drug-likeness (QED) is 0.649. The average Bonchev–Trinajstić information content (AvgIpc) is 3.56. The molecular weight excluding hydrogens is 449 g/mol. The molecule has 2 saturated heterocycles. The lowest BCUT2D eigenvalue weighted by molar-refractivity contribution is -0.133. The third-order valence-electron chi connectivity index (χ3n) is 7.95. The van der Waals surface area contributed by atoms with Crippen molar-refractivity contribution in [2.24, 2.45) is 0 Å². The first-order valence-electron chi connectivity index (χ1n) is 12.5. The van der Waals surface area contributed by atoms with E-state index in [4.69, 9.17) is 4.98 Å². The van der Waals surface area contributed by atoms with E-state index >= 15 is 0 Å². The maximum absolute atomic E-state index is 15.0. The van der Waals surface area contributed by atoms with Crippen LogP contribution in [0.3, 0.4) is 0 Å². The van der Waals surface area contributed by atoms with Crippen molar-refractivity contribution >= 4 is 35.0 Å². The molecule has 1 aromatic carbocycles. The molecule has 2 amide bonds. The second-order valence-corrected chi connectivity index (χ2v) is 10.0. The predicted molar refractivity (Wildman–Crippen MR) is 130 cm³/mol. The number of carbonyl (C=O) groups excluding carboxylic acids is 2. The van der Waals surface area contributed by atoms with Crippen LogP contribution in [0.5, 0.6) is 0 Å². The molecule has 1 aliphatic carbocycles. The van der Waals surface area contributed by atoms with Crippen LogP contribution in [0.25, 0.3) is 0 Å². The summed E-state index contributed by atoms with van der Waals surface area (Å²) in [5.74, 6) is 0.0244. The molecule has 35 heavy (non-hydrogen) atoms. The minimum atomic E-state index is -1.23. The lowest BCUT2D eigenvalue weighted by Crippen LogP contribution is -2.48. The zero-order valence-corrected chi connectivity index (χ0v) is 19.9. The minimum Gasteiger partial charge on any atom is -0.367 e. The third-order valence-corrected chi connectivity index (χ3v) is 7.95. The van der Waals surface area contributed by atoms with E-state index in [1.165, 1.54) is 6.07 Å². The normalized spacial score (nSPS) is 25.0. The Balaban J connectivity index is 1.30. The standard InChI is InChI=1S/C25H30FN7O2/c1-31-10-12-32(13-11-31)20-7-6-16(14-19(20)26)29-24-28-15-18-21(30-24)33(17-4-2-3-5-17)23(35)25(18)8-9-27-22(25)34/h6-7,14-15,17H,2-5,8-13H2,1H3,(H,27,34)(H,28,29,30). The summed E-state index contributed by atoms with van der Waals surface area (Å²) < 4.78 is 15.0. The molecule has 0 bridgehead atoms. The van der Waals surface area contributed by atoms with Crippen molar-refractivity contribution in [3.8, 4) is 0 Å². The van der Waals surface area contributed by atoms with Crippen molar-refractivity contribution < 1.29 is 14.0 Å². The monoisotopic (exact) mass is 479 g/mol. The van der Waals surface area contributed by atoms with Crippen LogP contribution in [0, 0.1) is 5.82 Å². The molecule has 2 N–H and O–H groups in total. The molecule has 3 aliphatic heterocycles. The van der Waals surface area contributed by atoms with E-state index in [1.807, 2.05) is 6.07 Å². The van der Waals surface area contributed by atoms with E-state index in [0.29, 0.717) is 35.7 Å². The fourth-order valence-electron chi connectivity index (χ4n) is 5.94. The van der Waals surface area contributed by atoms with Gasteiger partial charge in [0.25, 0.3) is 0 Å². The summed E-state index contributed by atoms with van der Waals surface area (Å²) in [6.45, 7) is 3.83. The molecule has 1 saturated carbocycles. The summed E-state index contributed by atoms with van der Waals surface area (Å²) in [7, 11) is 2.07. The van der Waals surface area contributed by atoms with Crippen LogP contribution < -0.4 is 20.4 Å². The summed E-state index contributed by atoms with van der Waals surface area (Å²) in [5, 5.41) is 5.92. The number of anilines is 4. The van der Waals surface area contributed by atoms with E-state index < -0.39 is 5.41 Å². The lowest BCUT2D eigenvalue weighted by Gasteiger charge is -2.34. The van der Waals surface area contributed by atoms with Crippen LogP contribution >= 0.6 is 0 Å². The van der Waals surface area contributed by atoms with Gasteiger partial charge in [0.2, 0.25) is 17.8 Å². The van der Waals surface area contributed by atoms with Crippen LogP contribution in [0.4, 0.5) is 27.5 Å². The van der Waals surface area contributed by atoms with Crippen LogP contribution in [0.15, 0.2) is 24.4 Å². The smallest absolute Gasteiger partial charge is 0.248 e. The molecule has 1 atom stereocenters. The number of nitrogens with zero attached hydrogens (tertiary/aromatic N) is 5. The fraction of sp³-hybridized carbons (Fsp3) is 0.520. The van der Waals surface area contributed by atoms with Gasteiger partial charge in [-0.05, 0) is 44.5 Å². The highest BCUT2D eigenvalue weighted by molar-refractivity contribution is 6.22. The zero-order chi connectivity index (χ0) is 24.2. The number of halogens is 1. The molecule has 1 unspecified atom stereocenters. The molecule has 6 rings (SSSR count). The highest BCUT2D eigenvalue weighted by Gasteiger charge is 2.60. The number of hydrogen-bond donors (Lipinski definition) is 2. The van der Waals surface area contributed by atoms with E-state index in [0.717, 1.165) is 51.9 Å². The Morgan fingerprint density at radius 1 is 1.14 bits per heavy atom. The van der Waals surface area contributed by atoms with Crippen molar-refractivity contribution in [2.45, 2.75) is 43.6 Å². The average molecular weight is 480 g/mol. The number of likely N-dealkylation sites (N-methyl/N-ethyl adjacent to an activating group) is 1. The largest absolute Gasteiger partial charge is 0.367 e. The van der Waals surface area contributed by atoms with Gasteiger partial charge >= 0.3 is 0 Å². The first kappa shape index (κ1) is 22.2. The van der Waals surface area contributed by atoms with E-state index in [9.17, 15) is 14.0 Å². The van der Waals surface area contributed by atoms with Crippen molar-refractivity contribution in [1.82, 2.24) is 20.2 Å². The molecular formula is C25H30FN7O2. The van der Waals surface area contributed by atoms with Gasteiger partial charge in [-0.15, -0.1) is 0 Å². The van der Waals surface area contributed by atoms with Gasteiger partial charge in [-0.1, -0.05) is 12.8 Å². The number of amides is 2. The van der Waals surface area contributed by atoms with Crippen molar-refractivity contribution in [3.63, 3.8) is 0 Å². The first-order chi connectivity index (χ1) is 17.0. The van der Waals surface area contributed by atoms with E-state index in [2.05, 4.69) is 32.5 Å². The highest BCUT2D eigenvalue weighted by Crippen LogP contribution is 2.47. The van der Waals surface area contributed by atoms with Gasteiger partial charge in [0, 0.05) is 56.2 Å². The summed E-state index contributed by atoms with van der Waals surface area (Å²) in [5.41, 5.74) is 0.467. The molecule has 4 heterocycles. The van der Waals surface area contributed by atoms with Crippen LogP contribution in [0.1, 0.15) is 37.7 Å². The Hall–Kier alpha value is -3.27. The number of rotatable bonds is 4. The Morgan fingerprint density at radius 3 is 2.60 bits per heavy atom. The predicted octanol–water partition coefficient (Wildman–Crippen LogP) is 2.16. The number of benzene rings is 1.